The Morgan fingerprint density at radius 2 is 1.89 bits per heavy atom. The zero-order chi connectivity index (χ0) is 13.8. The summed E-state index contributed by atoms with van der Waals surface area (Å²) in [5, 5.41) is 0. The fraction of sp³-hybridized carbons (Fsp3) is 0.500. The van der Waals surface area contributed by atoms with Crippen molar-refractivity contribution in [3.63, 3.8) is 0 Å². The maximum Gasteiger partial charge on any atom is 0.244 e. The second-order valence-electron chi connectivity index (χ2n) is 4.00. The average Bonchev–Trinajstić information content (AvgIpc) is 2.28. The number of rotatable bonds is 6. The van der Waals surface area contributed by atoms with Crippen molar-refractivity contribution in [3.05, 3.63) is 23.3 Å². The van der Waals surface area contributed by atoms with E-state index in [1.165, 1.54) is 14.2 Å². The van der Waals surface area contributed by atoms with Gasteiger partial charge in [0.2, 0.25) is 10.0 Å². The predicted octanol–water partition coefficient (Wildman–Crippen LogP) is 1.24. The van der Waals surface area contributed by atoms with Gasteiger partial charge in [-0.1, -0.05) is 6.07 Å². The summed E-state index contributed by atoms with van der Waals surface area (Å²) in [5.74, 6) is 0.380. The van der Waals surface area contributed by atoms with Gasteiger partial charge in [0, 0.05) is 13.7 Å². The largest absolute Gasteiger partial charge is 0.495 e. The Labute approximate surface area is 108 Å². The normalized spacial score (nSPS) is 11.6. The van der Waals surface area contributed by atoms with E-state index in [9.17, 15) is 8.42 Å². The summed E-state index contributed by atoms with van der Waals surface area (Å²) < 4.78 is 36.8. The highest BCUT2D eigenvalue weighted by Crippen LogP contribution is 2.28. The van der Waals surface area contributed by atoms with E-state index in [0.717, 1.165) is 11.1 Å². The first-order chi connectivity index (χ1) is 8.42. The number of sulfonamides is 1. The quantitative estimate of drug-likeness (QED) is 0.792. The van der Waals surface area contributed by atoms with Gasteiger partial charge in [-0.15, -0.1) is 0 Å². The third-order valence-corrected chi connectivity index (χ3v) is 3.94. The van der Waals surface area contributed by atoms with Gasteiger partial charge in [0.05, 0.1) is 13.7 Å². The molecule has 0 aliphatic rings. The molecule has 0 aliphatic carbocycles. The number of hydrogen-bond acceptors (Lipinski definition) is 4. The predicted molar refractivity (Wildman–Crippen MR) is 69.5 cm³/mol. The Morgan fingerprint density at radius 3 is 2.44 bits per heavy atom. The summed E-state index contributed by atoms with van der Waals surface area (Å²) in [6.45, 7) is 4.22. The van der Waals surface area contributed by atoms with Crippen LogP contribution in [0.5, 0.6) is 5.75 Å². The Bertz CT molecular complexity index is 511. The molecule has 18 heavy (non-hydrogen) atoms. The lowest BCUT2D eigenvalue weighted by molar-refractivity contribution is 0.204. The number of aryl methyl sites for hydroxylation is 2. The van der Waals surface area contributed by atoms with Gasteiger partial charge in [-0.05, 0) is 31.0 Å². The Kier molecular flexibility index (Phi) is 5.13. The van der Waals surface area contributed by atoms with Crippen LogP contribution in [0.15, 0.2) is 17.0 Å². The summed E-state index contributed by atoms with van der Waals surface area (Å²) >= 11 is 0. The van der Waals surface area contributed by atoms with E-state index < -0.39 is 10.0 Å². The van der Waals surface area contributed by atoms with Crippen molar-refractivity contribution in [2.45, 2.75) is 18.7 Å². The highest BCUT2D eigenvalue weighted by Gasteiger charge is 2.20. The maximum atomic E-state index is 12.1. The van der Waals surface area contributed by atoms with Gasteiger partial charge < -0.3 is 9.47 Å². The van der Waals surface area contributed by atoms with E-state index in [-0.39, 0.29) is 11.4 Å². The smallest absolute Gasteiger partial charge is 0.244 e. The summed E-state index contributed by atoms with van der Waals surface area (Å²) in [6, 6.07) is 3.48. The van der Waals surface area contributed by atoms with Gasteiger partial charge in [0.1, 0.15) is 10.6 Å². The summed E-state index contributed by atoms with van der Waals surface area (Å²) in [7, 11) is -0.592. The van der Waals surface area contributed by atoms with Gasteiger partial charge >= 0.3 is 0 Å². The molecule has 0 amide bonds. The third kappa shape index (κ3) is 3.44. The van der Waals surface area contributed by atoms with Crippen LogP contribution in [0.4, 0.5) is 0 Å². The number of hydrogen-bond donors (Lipinski definition) is 1. The second kappa shape index (κ2) is 6.17. The van der Waals surface area contributed by atoms with E-state index in [4.69, 9.17) is 9.47 Å². The fourth-order valence-electron chi connectivity index (χ4n) is 1.73. The molecule has 0 aromatic heterocycles. The molecule has 0 spiro atoms. The van der Waals surface area contributed by atoms with Crippen molar-refractivity contribution in [2.24, 2.45) is 0 Å². The van der Waals surface area contributed by atoms with Crippen LogP contribution in [0.25, 0.3) is 0 Å². The molecule has 1 aromatic carbocycles. The molecule has 0 saturated heterocycles. The number of methoxy groups -OCH3 is 2. The monoisotopic (exact) mass is 273 g/mol. The van der Waals surface area contributed by atoms with E-state index in [1.54, 1.807) is 6.07 Å². The van der Waals surface area contributed by atoms with Gasteiger partial charge in [0.25, 0.3) is 0 Å². The first kappa shape index (κ1) is 14.9. The fourth-order valence-corrected chi connectivity index (χ4v) is 3.07. The first-order valence-corrected chi connectivity index (χ1v) is 7.04. The van der Waals surface area contributed by atoms with Gasteiger partial charge in [-0.25, -0.2) is 13.1 Å². The molecular formula is C12H19NO4S. The van der Waals surface area contributed by atoms with Crippen molar-refractivity contribution >= 4 is 10.0 Å². The molecule has 0 atom stereocenters. The van der Waals surface area contributed by atoms with E-state index >= 15 is 0 Å². The van der Waals surface area contributed by atoms with Crippen LogP contribution >= 0.6 is 0 Å². The summed E-state index contributed by atoms with van der Waals surface area (Å²) in [6.07, 6.45) is 0. The van der Waals surface area contributed by atoms with Gasteiger partial charge in [0.15, 0.2) is 0 Å². The Hall–Kier alpha value is -1.11. The SMILES string of the molecule is COCCNS(=O)(=O)c1cc(C)cc(C)c1OC. The van der Waals surface area contributed by atoms with E-state index in [2.05, 4.69) is 4.72 Å². The highest BCUT2D eigenvalue weighted by molar-refractivity contribution is 7.89. The van der Waals surface area contributed by atoms with Crippen LogP contribution in [0, 0.1) is 13.8 Å². The lowest BCUT2D eigenvalue weighted by atomic mass is 10.1. The standard InChI is InChI=1S/C12H19NO4S/c1-9-7-10(2)12(17-4)11(8-9)18(14,15)13-5-6-16-3/h7-8,13H,5-6H2,1-4H3. The van der Waals surface area contributed by atoms with Gasteiger partial charge in [-0.2, -0.15) is 0 Å². The second-order valence-corrected chi connectivity index (χ2v) is 5.74. The lowest BCUT2D eigenvalue weighted by Gasteiger charge is -2.13. The van der Waals surface area contributed by atoms with Crippen molar-refractivity contribution in [1.82, 2.24) is 4.72 Å². The maximum absolute atomic E-state index is 12.1. The Morgan fingerprint density at radius 1 is 1.22 bits per heavy atom. The summed E-state index contributed by atoms with van der Waals surface area (Å²) in [4.78, 5) is 0.165. The van der Waals surface area contributed by atoms with Crippen molar-refractivity contribution in [2.75, 3.05) is 27.4 Å². The minimum Gasteiger partial charge on any atom is -0.495 e. The van der Waals surface area contributed by atoms with Crippen molar-refractivity contribution < 1.29 is 17.9 Å². The highest BCUT2D eigenvalue weighted by atomic mass is 32.2. The number of nitrogens with one attached hydrogen (secondary N) is 1. The molecule has 0 heterocycles. The van der Waals surface area contributed by atoms with E-state index in [0.29, 0.717) is 12.4 Å². The van der Waals surface area contributed by atoms with Crippen LogP contribution in [0.2, 0.25) is 0 Å². The van der Waals surface area contributed by atoms with Crippen LogP contribution < -0.4 is 9.46 Å². The zero-order valence-corrected chi connectivity index (χ0v) is 11.9. The topological polar surface area (TPSA) is 64.6 Å². The average molecular weight is 273 g/mol. The third-order valence-electron chi connectivity index (χ3n) is 2.48. The molecule has 0 unspecified atom stereocenters. The number of ether oxygens (including phenoxy) is 2. The van der Waals surface area contributed by atoms with Gasteiger partial charge in [-0.3, -0.25) is 0 Å². The molecule has 1 rings (SSSR count). The molecule has 5 nitrogen and oxygen atoms in total. The molecular weight excluding hydrogens is 254 g/mol. The molecule has 0 radical (unpaired) electrons. The number of benzene rings is 1. The molecule has 6 heteroatoms. The van der Waals surface area contributed by atoms with Crippen molar-refractivity contribution in [1.29, 1.82) is 0 Å². The lowest BCUT2D eigenvalue weighted by Crippen LogP contribution is -2.27. The van der Waals surface area contributed by atoms with Crippen LogP contribution in [-0.2, 0) is 14.8 Å². The minimum atomic E-state index is -3.58. The molecule has 0 fully saturated rings. The minimum absolute atomic E-state index is 0.165. The molecule has 1 aromatic rings. The molecule has 1 N–H and O–H groups in total. The van der Waals surface area contributed by atoms with Crippen LogP contribution in [0.1, 0.15) is 11.1 Å². The molecule has 0 bridgehead atoms. The zero-order valence-electron chi connectivity index (χ0n) is 11.1. The van der Waals surface area contributed by atoms with Crippen LogP contribution in [-0.4, -0.2) is 35.8 Å². The molecule has 0 saturated carbocycles. The Balaban J connectivity index is 3.14. The van der Waals surface area contributed by atoms with E-state index in [1.807, 2.05) is 19.9 Å². The van der Waals surface area contributed by atoms with Crippen LogP contribution in [0.3, 0.4) is 0 Å². The molecule has 0 aliphatic heterocycles. The van der Waals surface area contributed by atoms with Crippen molar-refractivity contribution in [3.8, 4) is 5.75 Å². The summed E-state index contributed by atoms with van der Waals surface area (Å²) in [5.41, 5.74) is 1.67. The first-order valence-electron chi connectivity index (χ1n) is 5.56. The molecule has 102 valence electrons.